The molecule has 1 N–H and O–H groups in total. The molecule has 106 valence electrons. The third kappa shape index (κ3) is 4.73. The lowest BCUT2D eigenvalue weighted by Crippen LogP contribution is -2.18. The Morgan fingerprint density at radius 1 is 1.05 bits per heavy atom. The SMILES string of the molecule is CC(C=Cc1ccccc1)=NNC(=O)c1ccc(C)cc1. The predicted molar refractivity (Wildman–Crippen MR) is 87.2 cm³/mol. The number of hydrogen-bond acceptors (Lipinski definition) is 2. The van der Waals surface area contributed by atoms with Gasteiger partial charge in [-0.05, 0) is 37.6 Å². The third-order valence-corrected chi connectivity index (χ3v) is 2.96. The minimum Gasteiger partial charge on any atom is -0.267 e. The van der Waals surface area contributed by atoms with Crippen LogP contribution < -0.4 is 5.43 Å². The van der Waals surface area contributed by atoms with E-state index in [-0.39, 0.29) is 5.91 Å². The number of benzene rings is 2. The zero-order valence-electron chi connectivity index (χ0n) is 12.2. The topological polar surface area (TPSA) is 41.5 Å². The summed E-state index contributed by atoms with van der Waals surface area (Å²) >= 11 is 0. The largest absolute Gasteiger partial charge is 0.271 e. The van der Waals surface area contributed by atoms with Crippen LogP contribution >= 0.6 is 0 Å². The van der Waals surface area contributed by atoms with Crippen LogP contribution in [0.25, 0.3) is 6.08 Å². The molecule has 0 atom stereocenters. The van der Waals surface area contributed by atoms with Crippen molar-refractivity contribution in [3.8, 4) is 0 Å². The summed E-state index contributed by atoms with van der Waals surface area (Å²) in [6.45, 7) is 3.83. The monoisotopic (exact) mass is 278 g/mol. The summed E-state index contributed by atoms with van der Waals surface area (Å²) in [6.07, 6.45) is 3.82. The Morgan fingerprint density at radius 2 is 1.71 bits per heavy atom. The highest BCUT2D eigenvalue weighted by Crippen LogP contribution is 2.03. The number of carbonyl (C=O) groups excluding carboxylic acids is 1. The van der Waals surface area contributed by atoms with E-state index in [4.69, 9.17) is 0 Å². The maximum absolute atomic E-state index is 11.9. The lowest BCUT2D eigenvalue weighted by molar-refractivity contribution is 0.0955. The van der Waals surface area contributed by atoms with Crippen LogP contribution in [0.5, 0.6) is 0 Å². The molecular formula is C18H18N2O. The third-order valence-electron chi connectivity index (χ3n) is 2.96. The molecule has 1 amide bonds. The smallest absolute Gasteiger partial charge is 0.267 e. The fourth-order valence-corrected chi connectivity index (χ4v) is 1.73. The van der Waals surface area contributed by atoms with Gasteiger partial charge in [-0.2, -0.15) is 5.10 Å². The molecular weight excluding hydrogens is 260 g/mol. The van der Waals surface area contributed by atoms with Crippen LogP contribution in [0.2, 0.25) is 0 Å². The van der Waals surface area contributed by atoms with E-state index in [2.05, 4.69) is 10.5 Å². The second kappa shape index (κ2) is 7.20. The second-order valence-electron chi connectivity index (χ2n) is 4.80. The van der Waals surface area contributed by atoms with Gasteiger partial charge in [-0.25, -0.2) is 5.43 Å². The molecule has 0 aromatic heterocycles. The average molecular weight is 278 g/mol. The number of aryl methyl sites for hydroxylation is 1. The van der Waals surface area contributed by atoms with Gasteiger partial charge >= 0.3 is 0 Å². The second-order valence-corrected chi connectivity index (χ2v) is 4.80. The van der Waals surface area contributed by atoms with Crippen molar-refractivity contribution in [2.45, 2.75) is 13.8 Å². The van der Waals surface area contributed by atoms with Crippen LogP contribution in [0.3, 0.4) is 0 Å². The molecule has 2 aromatic carbocycles. The van der Waals surface area contributed by atoms with Crippen molar-refractivity contribution in [3.63, 3.8) is 0 Å². The number of allylic oxidation sites excluding steroid dienone is 1. The van der Waals surface area contributed by atoms with Crippen LogP contribution in [-0.2, 0) is 0 Å². The van der Waals surface area contributed by atoms with Gasteiger partial charge < -0.3 is 0 Å². The normalized spacial score (nSPS) is 11.6. The standard InChI is InChI=1S/C18H18N2O/c1-14-8-12-17(13-9-14)18(21)20-19-15(2)10-11-16-6-4-3-5-7-16/h3-13H,1-2H3,(H,20,21). The minimum atomic E-state index is -0.206. The first-order valence-electron chi connectivity index (χ1n) is 6.79. The molecule has 0 radical (unpaired) electrons. The first kappa shape index (κ1) is 14.7. The molecule has 0 saturated heterocycles. The van der Waals surface area contributed by atoms with Gasteiger partial charge in [0.2, 0.25) is 0 Å². The first-order valence-corrected chi connectivity index (χ1v) is 6.79. The fourth-order valence-electron chi connectivity index (χ4n) is 1.73. The first-order chi connectivity index (χ1) is 10.1. The molecule has 0 saturated carbocycles. The lowest BCUT2D eigenvalue weighted by Gasteiger charge is -2.01. The van der Waals surface area contributed by atoms with E-state index in [1.807, 2.05) is 68.5 Å². The van der Waals surface area contributed by atoms with E-state index in [9.17, 15) is 4.79 Å². The van der Waals surface area contributed by atoms with E-state index >= 15 is 0 Å². The van der Waals surface area contributed by atoms with Crippen molar-refractivity contribution in [2.75, 3.05) is 0 Å². The van der Waals surface area contributed by atoms with Gasteiger partial charge in [-0.1, -0.05) is 54.1 Å². The summed E-state index contributed by atoms with van der Waals surface area (Å²) in [5.41, 5.74) is 6.11. The van der Waals surface area contributed by atoms with Crippen LogP contribution in [0, 0.1) is 6.92 Å². The summed E-state index contributed by atoms with van der Waals surface area (Å²) < 4.78 is 0. The van der Waals surface area contributed by atoms with Crippen molar-refractivity contribution in [1.82, 2.24) is 5.43 Å². The van der Waals surface area contributed by atoms with Crippen molar-refractivity contribution in [1.29, 1.82) is 0 Å². The van der Waals surface area contributed by atoms with Gasteiger partial charge in [0.05, 0.1) is 5.71 Å². The average Bonchev–Trinajstić information content (AvgIpc) is 2.52. The molecule has 21 heavy (non-hydrogen) atoms. The number of amides is 1. The van der Waals surface area contributed by atoms with Crippen LogP contribution in [-0.4, -0.2) is 11.6 Å². The molecule has 0 unspecified atom stereocenters. The predicted octanol–water partition coefficient (Wildman–Crippen LogP) is 3.81. The number of hydrogen-bond donors (Lipinski definition) is 1. The molecule has 3 heteroatoms. The fraction of sp³-hybridized carbons (Fsp3) is 0.111. The molecule has 2 aromatic rings. The highest BCUT2D eigenvalue weighted by Gasteiger charge is 2.02. The van der Waals surface area contributed by atoms with Crippen molar-refractivity contribution >= 4 is 17.7 Å². The summed E-state index contributed by atoms with van der Waals surface area (Å²) in [7, 11) is 0. The van der Waals surface area contributed by atoms with E-state index in [1.165, 1.54) is 0 Å². The maximum atomic E-state index is 11.9. The van der Waals surface area contributed by atoms with Crippen LogP contribution in [0.1, 0.15) is 28.4 Å². The Hall–Kier alpha value is -2.68. The molecule has 0 spiro atoms. The van der Waals surface area contributed by atoms with Gasteiger partial charge in [0.1, 0.15) is 0 Å². The summed E-state index contributed by atoms with van der Waals surface area (Å²) in [5, 5.41) is 4.07. The molecule has 3 nitrogen and oxygen atoms in total. The number of hydrazone groups is 1. The molecule has 0 aliphatic carbocycles. The van der Waals surface area contributed by atoms with Gasteiger partial charge in [0.15, 0.2) is 0 Å². The van der Waals surface area contributed by atoms with Gasteiger partial charge in [-0.3, -0.25) is 4.79 Å². The number of nitrogens with zero attached hydrogens (tertiary/aromatic N) is 1. The lowest BCUT2D eigenvalue weighted by atomic mass is 10.1. The molecule has 0 aliphatic rings. The summed E-state index contributed by atoms with van der Waals surface area (Å²) in [5.74, 6) is -0.206. The zero-order valence-corrected chi connectivity index (χ0v) is 12.2. The highest BCUT2D eigenvalue weighted by molar-refractivity contribution is 5.99. The highest BCUT2D eigenvalue weighted by atomic mass is 16.2. The zero-order chi connectivity index (χ0) is 15.1. The number of nitrogens with one attached hydrogen (secondary N) is 1. The van der Waals surface area contributed by atoms with E-state index < -0.39 is 0 Å². The Labute approximate surface area is 125 Å². The molecule has 0 bridgehead atoms. The molecule has 2 rings (SSSR count). The van der Waals surface area contributed by atoms with E-state index in [0.717, 1.165) is 16.8 Å². The van der Waals surface area contributed by atoms with Crippen LogP contribution in [0.15, 0.2) is 65.8 Å². The van der Waals surface area contributed by atoms with E-state index in [1.54, 1.807) is 12.1 Å². The van der Waals surface area contributed by atoms with Crippen molar-refractivity contribution in [2.24, 2.45) is 5.10 Å². The Morgan fingerprint density at radius 3 is 2.38 bits per heavy atom. The Bertz CT molecular complexity index is 655. The van der Waals surface area contributed by atoms with E-state index in [0.29, 0.717) is 5.56 Å². The number of carbonyl (C=O) groups is 1. The van der Waals surface area contributed by atoms with Gasteiger partial charge in [-0.15, -0.1) is 0 Å². The van der Waals surface area contributed by atoms with Crippen LogP contribution in [0.4, 0.5) is 0 Å². The molecule has 0 fully saturated rings. The summed E-state index contributed by atoms with van der Waals surface area (Å²) in [4.78, 5) is 11.9. The van der Waals surface area contributed by atoms with Crippen molar-refractivity contribution in [3.05, 3.63) is 77.4 Å². The quantitative estimate of drug-likeness (QED) is 0.670. The Balaban J connectivity index is 1.95. The maximum Gasteiger partial charge on any atom is 0.271 e. The number of rotatable bonds is 4. The van der Waals surface area contributed by atoms with Crippen molar-refractivity contribution < 1.29 is 4.79 Å². The Kier molecular flexibility index (Phi) is 5.04. The molecule has 0 aliphatic heterocycles. The molecule has 0 heterocycles. The van der Waals surface area contributed by atoms with Gasteiger partial charge in [0.25, 0.3) is 5.91 Å². The van der Waals surface area contributed by atoms with Gasteiger partial charge in [0, 0.05) is 5.56 Å². The minimum absolute atomic E-state index is 0.206. The summed E-state index contributed by atoms with van der Waals surface area (Å²) in [6, 6.07) is 17.3.